The molecule has 0 saturated carbocycles. The number of rotatable bonds is 2. The molecule has 0 aliphatic carbocycles. The molecule has 3 aromatic rings. The highest BCUT2D eigenvalue weighted by Gasteiger charge is 2.08. The van der Waals surface area contributed by atoms with Gasteiger partial charge in [0.25, 0.3) is 0 Å². The van der Waals surface area contributed by atoms with E-state index in [1.165, 1.54) is 0 Å². The molecule has 1 N–H and O–H groups in total. The van der Waals surface area contributed by atoms with Crippen molar-refractivity contribution < 1.29 is 4.42 Å². The predicted octanol–water partition coefficient (Wildman–Crippen LogP) is 3.98. The fourth-order valence-corrected chi connectivity index (χ4v) is 2.10. The second kappa shape index (κ2) is 4.75. The molecule has 0 saturated heterocycles. The first-order valence-electron chi connectivity index (χ1n) is 5.58. The van der Waals surface area contributed by atoms with E-state index in [-0.39, 0.29) is 0 Å². The van der Waals surface area contributed by atoms with Crippen molar-refractivity contribution in [1.82, 2.24) is 9.97 Å². The van der Waals surface area contributed by atoms with Crippen LogP contribution >= 0.6 is 15.9 Å². The van der Waals surface area contributed by atoms with Crippen molar-refractivity contribution in [1.29, 1.82) is 5.26 Å². The molecule has 2 aromatic heterocycles. The fraction of sp³-hybridized carbons (Fsp3) is 0. The molecule has 0 unspecified atom stereocenters. The van der Waals surface area contributed by atoms with Crippen molar-refractivity contribution in [2.24, 2.45) is 0 Å². The van der Waals surface area contributed by atoms with Crippen molar-refractivity contribution in [3.05, 3.63) is 52.7 Å². The summed E-state index contributed by atoms with van der Waals surface area (Å²) in [6, 6.07) is 13.3. The van der Waals surface area contributed by atoms with Crippen LogP contribution in [-0.2, 0) is 0 Å². The van der Waals surface area contributed by atoms with Gasteiger partial charge in [-0.15, -0.1) is 0 Å². The van der Waals surface area contributed by atoms with Gasteiger partial charge >= 0.3 is 0 Å². The van der Waals surface area contributed by atoms with Crippen molar-refractivity contribution in [3.63, 3.8) is 0 Å². The lowest BCUT2D eigenvalue weighted by Crippen LogP contribution is -1.83. The number of aromatic amines is 1. The van der Waals surface area contributed by atoms with Crippen molar-refractivity contribution in [3.8, 4) is 6.07 Å². The van der Waals surface area contributed by atoms with E-state index in [1.54, 1.807) is 18.2 Å². The van der Waals surface area contributed by atoms with E-state index < -0.39 is 0 Å². The molecule has 0 fully saturated rings. The van der Waals surface area contributed by atoms with Gasteiger partial charge in [0.2, 0.25) is 0 Å². The lowest BCUT2D eigenvalue weighted by atomic mass is 10.2. The van der Waals surface area contributed by atoms with Gasteiger partial charge in [-0.25, -0.2) is 4.98 Å². The number of nitriles is 1. The maximum atomic E-state index is 9.24. The first-order valence-corrected chi connectivity index (χ1v) is 6.38. The maximum Gasteiger partial charge on any atom is 0.169 e. The van der Waals surface area contributed by atoms with Crippen LogP contribution in [0.4, 0.5) is 0 Å². The van der Waals surface area contributed by atoms with Crippen molar-refractivity contribution in [2.45, 2.75) is 0 Å². The van der Waals surface area contributed by atoms with E-state index >= 15 is 0 Å². The van der Waals surface area contributed by atoms with Gasteiger partial charge < -0.3 is 9.40 Å². The number of furan rings is 1. The number of allylic oxidation sites excluding steroid dienone is 1. The number of nitrogens with one attached hydrogen (secondary N) is 1. The minimum atomic E-state index is 0.429. The van der Waals surface area contributed by atoms with Crippen LogP contribution in [0.25, 0.3) is 22.7 Å². The van der Waals surface area contributed by atoms with Crippen LogP contribution in [-0.4, -0.2) is 9.97 Å². The standard InChI is InChI=1S/C14H8BrN3O/c15-13-6-5-10(19-13)7-9(8-16)14-17-11-3-1-2-4-12(11)18-14/h1-7H,(H,17,18)/b9-7+. The number of imidazole rings is 1. The Labute approximate surface area is 117 Å². The summed E-state index contributed by atoms with van der Waals surface area (Å²) in [5.41, 5.74) is 2.16. The molecule has 0 amide bonds. The molecule has 5 heteroatoms. The zero-order chi connectivity index (χ0) is 13.2. The number of benzene rings is 1. The largest absolute Gasteiger partial charge is 0.450 e. The van der Waals surface area contributed by atoms with Crippen LogP contribution in [0.3, 0.4) is 0 Å². The van der Waals surface area contributed by atoms with Gasteiger partial charge in [-0.1, -0.05) is 12.1 Å². The third-order valence-electron chi connectivity index (χ3n) is 2.65. The Hall–Kier alpha value is -2.32. The Morgan fingerprint density at radius 3 is 2.84 bits per heavy atom. The number of hydrogen-bond acceptors (Lipinski definition) is 3. The van der Waals surface area contributed by atoms with E-state index in [2.05, 4.69) is 32.0 Å². The Balaban J connectivity index is 2.07. The van der Waals surface area contributed by atoms with Gasteiger partial charge in [0, 0.05) is 6.08 Å². The van der Waals surface area contributed by atoms with E-state index in [0.29, 0.717) is 21.8 Å². The van der Waals surface area contributed by atoms with E-state index in [1.807, 2.05) is 24.3 Å². The van der Waals surface area contributed by atoms with Gasteiger partial charge in [-0.3, -0.25) is 0 Å². The molecule has 0 aliphatic rings. The SMILES string of the molecule is N#C/C(=C\c1ccc(Br)o1)c1nc2ccccc2[nH]1. The van der Waals surface area contributed by atoms with Crippen molar-refractivity contribution >= 4 is 38.6 Å². The average molecular weight is 314 g/mol. The van der Waals surface area contributed by atoms with Gasteiger partial charge in [0.1, 0.15) is 17.7 Å². The summed E-state index contributed by atoms with van der Waals surface area (Å²) >= 11 is 3.23. The number of nitrogens with zero attached hydrogens (tertiary/aromatic N) is 2. The Morgan fingerprint density at radius 1 is 1.32 bits per heavy atom. The quantitative estimate of drug-likeness (QED) is 0.728. The van der Waals surface area contributed by atoms with Crippen molar-refractivity contribution in [2.75, 3.05) is 0 Å². The molecule has 0 radical (unpaired) electrons. The van der Waals surface area contributed by atoms with Crippen LogP contribution in [0.2, 0.25) is 0 Å². The average Bonchev–Trinajstić information content (AvgIpc) is 3.01. The summed E-state index contributed by atoms with van der Waals surface area (Å²) in [5, 5.41) is 9.24. The second-order valence-electron chi connectivity index (χ2n) is 3.91. The summed E-state index contributed by atoms with van der Waals surface area (Å²) in [6.45, 7) is 0. The molecule has 3 rings (SSSR count). The zero-order valence-corrected chi connectivity index (χ0v) is 11.3. The predicted molar refractivity (Wildman–Crippen MR) is 76.0 cm³/mol. The molecule has 0 aliphatic heterocycles. The Morgan fingerprint density at radius 2 is 2.16 bits per heavy atom. The molecule has 0 spiro atoms. The lowest BCUT2D eigenvalue weighted by Gasteiger charge is -1.91. The number of fused-ring (bicyclic) bond motifs is 1. The second-order valence-corrected chi connectivity index (χ2v) is 4.70. The highest BCUT2D eigenvalue weighted by Crippen LogP contribution is 2.21. The summed E-state index contributed by atoms with van der Waals surface area (Å²) in [5.74, 6) is 1.14. The minimum Gasteiger partial charge on any atom is -0.450 e. The molecule has 0 atom stereocenters. The zero-order valence-electron chi connectivity index (χ0n) is 9.72. The third-order valence-corrected chi connectivity index (χ3v) is 3.07. The van der Waals surface area contributed by atoms with Crippen LogP contribution in [0.1, 0.15) is 11.6 Å². The van der Waals surface area contributed by atoms with Crippen LogP contribution in [0.15, 0.2) is 45.5 Å². The van der Waals surface area contributed by atoms with E-state index in [9.17, 15) is 5.26 Å². The first kappa shape index (κ1) is 11.8. The van der Waals surface area contributed by atoms with Gasteiger partial charge in [-0.2, -0.15) is 5.26 Å². The summed E-state index contributed by atoms with van der Waals surface area (Å²) < 4.78 is 5.98. The van der Waals surface area contributed by atoms with Crippen LogP contribution in [0.5, 0.6) is 0 Å². The topological polar surface area (TPSA) is 65.6 Å². The molecule has 2 heterocycles. The summed E-state index contributed by atoms with van der Waals surface area (Å²) in [6.07, 6.45) is 1.66. The van der Waals surface area contributed by atoms with Crippen LogP contribution in [0, 0.1) is 11.3 Å². The number of para-hydroxylation sites is 2. The molecule has 0 bridgehead atoms. The number of halogens is 1. The van der Waals surface area contributed by atoms with E-state index in [0.717, 1.165) is 11.0 Å². The summed E-state index contributed by atoms with van der Waals surface area (Å²) in [4.78, 5) is 7.51. The molecule has 1 aromatic carbocycles. The van der Waals surface area contributed by atoms with E-state index in [4.69, 9.17) is 4.42 Å². The highest BCUT2D eigenvalue weighted by atomic mass is 79.9. The minimum absolute atomic E-state index is 0.429. The van der Waals surface area contributed by atoms with Gasteiger partial charge in [0.15, 0.2) is 4.67 Å². The molecule has 4 nitrogen and oxygen atoms in total. The van der Waals surface area contributed by atoms with Crippen LogP contribution < -0.4 is 0 Å². The fourth-order valence-electron chi connectivity index (χ4n) is 1.78. The van der Waals surface area contributed by atoms with Gasteiger partial charge in [-0.05, 0) is 40.2 Å². The normalized spacial score (nSPS) is 11.7. The number of aromatic nitrogens is 2. The summed E-state index contributed by atoms with van der Waals surface area (Å²) in [7, 11) is 0. The third kappa shape index (κ3) is 2.30. The molecule has 19 heavy (non-hydrogen) atoms. The van der Waals surface area contributed by atoms with Gasteiger partial charge in [0.05, 0.1) is 16.6 Å². The lowest BCUT2D eigenvalue weighted by molar-refractivity contribution is 0.532. The monoisotopic (exact) mass is 313 g/mol. The first-order chi connectivity index (χ1) is 9.26. The molecular formula is C14H8BrN3O. The smallest absolute Gasteiger partial charge is 0.169 e. The molecule has 92 valence electrons. The number of hydrogen-bond donors (Lipinski definition) is 1. The number of H-pyrrole nitrogens is 1. The Kier molecular flexibility index (Phi) is 2.94. The Bertz CT molecular complexity index is 774. The maximum absolute atomic E-state index is 9.24. The highest BCUT2D eigenvalue weighted by molar-refractivity contribution is 9.10. The molecular weight excluding hydrogens is 306 g/mol.